The molecule has 1 amide bonds. The van der Waals surface area contributed by atoms with E-state index >= 15 is 0 Å². The molecule has 0 unspecified atom stereocenters. The third-order valence-corrected chi connectivity index (χ3v) is 4.87. The lowest BCUT2D eigenvalue weighted by Crippen LogP contribution is -2.39. The van der Waals surface area contributed by atoms with Gasteiger partial charge in [-0.2, -0.15) is 5.26 Å². The summed E-state index contributed by atoms with van der Waals surface area (Å²) in [6.07, 6.45) is 3.26. The Labute approximate surface area is 157 Å². The van der Waals surface area contributed by atoms with E-state index in [4.69, 9.17) is 17.3 Å². The van der Waals surface area contributed by atoms with Crippen LogP contribution in [-0.2, 0) is 11.3 Å². The molecular formula is C19H20ClN5O. The third-order valence-electron chi connectivity index (χ3n) is 4.64. The number of rotatable bonds is 5. The number of hydrogen-bond donors (Lipinski definition) is 2. The maximum Gasteiger partial charge on any atom is 0.220 e. The normalized spacial score (nSPS) is 14.7. The van der Waals surface area contributed by atoms with Crippen molar-refractivity contribution in [3.8, 4) is 6.07 Å². The van der Waals surface area contributed by atoms with Gasteiger partial charge in [-0.3, -0.25) is 4.79 Å². The second kappa shape index (κ2) is 8.07. The fourth-order valence-electron chi connectivity index (χ4n) is 3.18. The zero-order valence-corrected chi connectivity index (χ0v) is 15.0. The number of nitrogens with two attached hydrogens (primary N) is 1. The lowest BCUT2D eigenvalue weighted by Gasteiger charge is -2.32. The number of piperidine rings is 1. The Morgan fingerprint density at radius 3 is 2.85 bits per heavy atom. The minimum absolute atomic E-state index is 0.0520. The van der Waals surface area contributed by atoms with Crippen LogP contribution in [-0.4, -0.2) is 24.0 Å². The van der Waals surface area contributed by atoms with Gasteiger partial charge in [-0.1, -0.05) is 17.7 Å². The molecule has 1 aliphatic heterocycles. The highest BCUT2D eigenvalue weighted by Crippen LogP contribution is 2.26. The minimum Gasteiger partial charge on any atom is -0.380 e. The fraction of sp³-hybridized carbons (Fsp3) is 0.316. The number of nitrogens with one attached hydrogen (secondary N) is 1. The number of nitriles is 1. The van der Waals surface area contributed by atoms with Gasteiger partial charge in [-0.25, -0.2) is 4.98 Å². The van der Waals surface area contributed by atoms with Gasteiger partial charge in [0.1, 0.15) is 11.9 Å². The second-order valence-corrected chi connectivity index (χ2v) is 6.74. The molecule has 134 valence electrons. The van der Waals surface area contributed by atoms with Gasteiger partial charge >= 0.3 is 0 Å². The monoisotopic (exact) mass is 369 g/mol. The molecule has 7 heteroatoms. The summed E-state index contributed by atoms with van der Waals surface area (Å²) in [5.74, 6) is 0.624. The van der Waals surface area contributed by atoms with Gasteiger partial charge in [-0.05, 0) is 37.1 Å². The maximum absolute atomic E-state index is 11.4. The Morgan fingerprint density at radius 2 is 2.15 bits per heavy atom. The van der Waals surface area contributed by atoms with Crippen LogP contribution in [0.5, 0.6) is 0 Å². The minimum atomic E-state index is -0.223. The number of benzene rings is 1. The van der Waals surface area contributed by atoms with E-state index in [-0.39, 0.29) is 11.8 Å². The molecule has 0 radical (unpaired) electrons. The van der Waals surface area contributed by atoms with Crippen molar-refractivity contribution in [1.82, 2.24) is 4.98 Å². The molecule has 1 fully saturated rings. The summed E-state index contributed by atoms with van der Waals surface area (Å²) in [6, 6.07) is 11.2. The lowest BCUT2D eigenvalue weighted by atomic mass is 9.96. The molecule has 0 atom stereocenters. The molecule has 1 saturated heterocycles. The number of carbonyl (C=O) groups is 1. The molecule has 3 rings (SSSR count). The summed E-state index contributed by atoms with van der Waals surface area (Å²) in [5, 5.41) is 13.1. The number of primary amides is 1. The Bertz CT molecular complexity index is 840. The highest BCUT2D eigenvalue weighted by atomic mass is 35.5. The summed E-state index contributed by atoms with van der Waals surface area (Å²) in [4.78, 5) is 18.1. The molecular weight excluding hydrogens is 350 g/mol. The molecule has 26 heavy (non-hydrogen) atoms. The van der Waals surface area contributed by atoms with Crippen LogP contribution in [0.2, 0.25) is 5.02 Å². The van der Waals surface area contributed by atoms with Crippen LogP contribution in [0.15, 0.2) is 36.5 Å². The standard InChI is InChI=1S/C19H20ClN5O/c20-16-3-4-17(15(10-16)11-21)24-12-14-2-1-7-23-19(14)25-8-5-13(6-9-25)18(22)26/h1-4,7,10,13,24H,5-6,8-9,12H2,(H2,22,26). The van der Waals surface area contributed by atoms with Crippen LogP contribution in [0.4, 0.5) is 11.5 Å². The summed E-state index contributed by atoms with van der Waals surface area (Å²) >= 11 is 5.95. The summed E-state index contributed by atoms with van der Waals surface area (Å²) in [5.41, 5.74) is 7.68. The third kappa shape index (κ3) is 4.06. The Kier molecular flexibility index (Phi) is 5.59. The first-order chi connectivity index (χ1) is 12.6. The quantitative estimate of drug-likeness (QED) is 0.844. The molecule has 6 nitrogen and oxygen atoms in total. The van der Waals surface area contributed by atoms with E-state index in [1.165, 1.54) is 0 Å². The van der Waals surface area contributed by atoms with Gasteiger partial charge in [0.25, 0.3) is 0 Å². The number of aromatic nitrogens is 1. The van der Waals surface area contributed by atoms with Crippen molar-refractivity contribution in [2.45, 2.75) is 19.4 Å². The Balaban J connectivity index is 1.73. The maximum atomic E-state index is 11.4. The van der Waals surface area contributed by atoms with E-state index in [1.54, 1.807) is 24.4 Å². The number of anilines is 2. The van der Waals surface area contributed by atoms with Gasteiger partial charge in [0, 0.05) is 42.3 Å². The van der Waals surface area contributed by atoms with Crippen molar-refractivity contribution >= 4 is 29.0 Å². The number of hydrogen-bond acceptors (Lipinski definition) is 5. The fourth-order valence-corrected chi connectivity index (χ4v) is 3.35. The highest BCUT2D eigenvalue weighted by molar-refractivity contribution is 6.30. The van der Waals surface area contributed by atoms with Crippen molar-refractivity contribution in [2.75, 3.05) is 23.3 Å². The topological polar surface area (TPSA) is 95.0 Å². The second-order valence-electron chi connectivity index (χ2n) is 6.31. The van der Waals surface area contributed by atoms with Crippen LogP contribution >= 0.6 is 11.6 Å². The zero-order chi connectivity index (χ0) is 18.5. The molecule has 0 bridgehead atoms. The molecule has 1 aromatic carbocycles. The number of pyridine rings is 1. The van der Waals surface area contributed by atoms with Gasteiger partial charge in [0.2, 0.25) is 5.91 Å². The number of nitrogens with zero attached hydrogens (tertiary/aromatic N) is 3. The largest absolute Gasteiger partial charge is 0.380 e. The molecule has 2 heterocycles. The van der Waals surface area contributed by atoms with E-state index in [2.05, 4.69) is 21.3 Å². The molecule has 0 spiro atoms. The van der Waals surface area contributed by atoms with Gasteiger partial charge < -0.3 is 16.0 Å². The van der Waals surface area contributed by atoms with Crippen LogP contribution in [0.3, 0.4) is 0 Å². The summed E-state index contributed by atoms with van der Waals surface area (Å²) in [6.45, 7) is 2.04. The molecule has 3 N–H and O–H groups in total. The molecule has 0 saturated carbocycles. The van der Waals surface area contributed by atoms with Gasteiger partial charge in [0.05, 0.1) is 11.3 Å². The van der Waals surface area contributed by atoms with E-state index in [9.17, 15) is 10.1 Å². The van der Waals surface area contributed by atoms with E-state index in [0.717, 1.165) is 43.0 Å². The Morgan fingerprint density at radius 1 is 1.38 bits per heavy atom. The van der Waals surface area contributed by atoms with Crippen LogP contribution < -0.4 is 16.0 Å². The predicted molar refractivity (Wildman–Crippen MR) is 102 cm³/mol. The highest BCUT2D eigenvalue weighted by Gasteiger charge is 2.24. The van der Waals surface area contributed by atoms with Gasteiger partial charge in [-0.15, -0.1) is 0 Å². The van der Waals surface area contributed by atoms with Crippen LogP contribution in [0, 0.1) is 17.2 Å². The molecule has 0 aliphatic carbocycles. The van der Waals surface area contributed by atoms with E-state index < -0.39 is 0 Å². The van der Waals surface area contributed by atoms with Crippen LogP contribution in [0.1, 0.15) is 24.0 Å². The van der Waals surface area contributed by atoms with E-state index in [1.807, 2.05) is 12.1 Å². The Hall–Kier alpha value is -2.78. The van der Waals surface area contributed by atoms with Crippen LogP contribution in [0.25, 0.3) is 0 Å². The molecule has 1 aromatic heterocycles. The predicted octanol–water partition coefficient (Wildman–Crippen LogP) is 2.92. The van der Waals surface area contributed by atoms with E-state index in [0.29, 0.717) is 17.1 Å². The number of carbonyl (C=O) groups excluding carboxylic acids is 1. The number of amides is 1. The SMILES string of the molecule is N#Cc1cc(Cl)ccc1NCc1cccnc1N1CCC(C(N)=O)CC1. The average Bonchev–Trinajstić information content (AvgIpc) is 2.67. The summed E-state index contributed by atoms with van der Waals surface area (Å²) in [7, 11) is 0. The first kappa shape index (κ1) is 18.0. The zero-order valence-electron chi connectivity index (χ0n) is 14.3. The summed E-state index contributed by atoms with van der Waals surface area (Å²) < 4.78 is 0. The van der Waals surface area contributed by atoms with Crippen molar-refractivity contribution in [2.24, 2.45) is 11.7 Å². The molecule has 2 aromatic rings. The van der Waals surface area contributed by atoms with Crippen molar-refractivity contribution in [1.29, 1.82) is 5.26 Å². The first-order valence-corrected chi connectivity index (χ1v) is 8.88. The average molecular weight is 370 g/mol. The number of halogens is 1. The smallest absolute Gasteiger partial charge is 0.220 e. The van der Waals surface area contributed by atoms with Crippen molar-refractivity contribution in [3.05, 3.63) is 52.7 Å². The van der Waals surface area contributed by atoms with Crippen molar-refractivity contribution < 1.29 is 4.79 Å². The molecule has 1 aliphatic rings. The first-order valence-electron chi connectivity index (χ1n) is 8.50. The van der Waals surface area contributed by atoms with Crippen molar-refractivity contribution in [3.63, 3.8) is 0 Å². The lowest BCUT2D eigenvalue weighted by molar-refractivity contribution is -0.122. The van der Waals surface area contributed by atoms with Gasteiger partial charge in [0.15, 0.2) is 0 Å².